The van der Waals surface area contributed by atoms with E-state index < -0.39 is 6.10 Å². The fraction of sp³-hybridized carbons (Fsp3) is 0.375. The van der Waals surface area contributed by atoms with Crippen molar-refractivity contribution in [2.24, 2.45) is 0 Å². The lowest BCUT2D eigenvalue weighted by atomic mass is 10.1. The van der Waals surface area contributed by atoms with Crippen molar-refractivity contribution in [3.8, 4) is 11.5 Å². The van der Waals surface area contributed by atoms with Crippen molar-refractivity contribution in [1.82, 2.24) is 25.2 Å². The van der Waals surface area contributed by atoms with E-state index in [9.17, 15) is 9.59 Å². The molecule has 1 fully saturated rings. The standard InChI is InChI=1S/C24H28N6O4/c1-15-14-29(22-18-6-7-26-12-17(18)5-8-27-22)9-10-30(15)24(32)16(2)34-21-13-28-19(23(31)25-3)11-20(21)33-4/h5-8,11-13,15-16H,9-10,14H2,1-4H3,(H,25,31)/t15-,16+/m1/s1. The van der Waals surface area contributed by atoms with E-state index in [-0.39, 0.29) is 23.6 Å². The maximum atomic E-state index is 13.2. The Bertz CT molecular complexity index is 1200. The molecule has 1 N–H and O–H groups in total. The molecule has 2 amide bonds. The molecule has 4 rings (SSSR count). The first-order valence-corrected chi connectivity index (χ1v) is 11.1. The number of pyridine rings is 3. The van der Waals surface area contributed by atoms with E-state index in [2.05, 4.69) is 25.2 Å². The van der Waals surface area contributed by atoms with Gasteiger partial charge in [0.25, 0.3) is 11.8 Å². The lowest BCUT2D eigenvalue weighted by Gasteiger charge is -2.41. The number of anilines is 1. The third kappa shape index (κ3) is 4.57. The van der Waals surface area contributed by atoms with Crippen molar-refractivity contribution in [2.45, 2.75) is 26.0 Å². The minimum atomic E-state index is -0.752. The fourth-order valence-electron chi connectivity index (χ4n) is 4.13. The summed E-state index contributed by atoms with van der Waals surface area (Å²) in [6.07, 6.45) is 6.02. The Kier molecular flexibility index (Phi) is 6.76. The summed E-state index contributed by atoms with van der Waals surface area (Å²) >= 11 is 0. The predicted molar refractivity (Wildman–Crippen MR) is 127 cm³/mol. The second-order valence-electron chi connectivity index (χ2n) is 8.12. The molecule has 3 aromatic rings. The molecule has 34 heavy (non-hydrogen) atoms. The number of amides is 2. The summed E-state index contributed by atoms with van der Waals surface area (Å²) in [7, 11) is 3.00. The molecule has 0 radical (unpaired) electrons. The van der Waals surface area contributed by atoms with E-state index in [1.54, 1.807) is 19.3 Å². The number of methoxy groups -OCH3 is 1. The Balaban J connectivity index is 1.44. The van der Waals surface area contributed by atoms with Crippen LogP contribution in [0.5, 0.6) is 11.5 Å². The van der Waals surface area contributed by atoms with Crippen LogP contribution < -0.4 is 19.7 Å². The van der Waals surface area contributed by atoms with Gasteiger partial charge in [0.15, 0.2) is 17.6 Å². The Morgan fingerprint density at radius 1 is 1.15 bits per heavy atom. The summed E-state index contributed by atoms with van der Waals surface area (Å²) in [6, 6.07) is 5.35. The first kappa shape index (κ1) is 23.2. The molecule has 0 bridgehead atoms. The van der Waals surface area contributed by atoms with E-state index in [1.165, 1.54) is 26.4 Å². The highest BCUT2D eigenvalue weighted by Gasteiger charge is 2.32. The summed E-state index contributed by atoms with van der Waals surface area (Å²) in [5.74, 6) is 1.07. The zero-order valence-electron chi connectivity index (χ0n) is 19.7. The molecule has 178 valence electrons. The van der Waals surface area contributed by atoms with Crippen LogP contribution in [0.15, 0.2) is 43.0 Å². The molecule has 10 heteroatoms. The number of nitrogens with one attached hydrogen (secondary N) is 1. The summed E-state index contributed by atoms with van der Waals surface area (Å²) in [5.41, 5.74) is 0.202. The number of aromatic nitrogens is 3. The number of carbonyl (C=O) groups is 2. The lowest BCUT2D eigenvalue weighted by Crippen LogP contribution is -2.56. The average molecular weight is 465 g/mol. The second kappa shape index (κ2) is 9.90. The Morgan fingerprint density at radius 3 is 2.71 bits per heavy atom. The van der Waals surface area contributed by atoms with Crippen LogP contribution in [0, 0.1) is 0 Å². The van der Waals surface area contributed by atoms with E-state index >= 15 is 0 Å². The molecule has 10 nitrogen and oxygen atoms in total. The van der Waals surface area contributed by atoms with Crippen LogP contribution in [-0.2, 0) is 4.79 Å². The van der Waals surface area contributed by atoms with Crippen molar-refractivity contribution in [2.75, 3.05) is 38.7 Å². The number of hydrogen-bond donors (Lipinski definition) is 1. The minimum absolute atomic E-state index is 0.0400. The van der Waals surface area contributed by atoms with Crippen LogP contribution in [0.4, 0.5) is 5.82 Å². The van der Waals surface area contributed by atoms with Gasteiger partial charge in [0.05, 0.1) is 13.3 Å². The van der Waals surface area contributed by atoms with Crippen molar-refractivity contribution >= 4 is 28.4 Å². The first-order valence-electron chi connectivity index (χ1n) is 11.1. The number of piperazine rings is 1. The summed E-state index contributed by atoms with van der Waals surface area (Å²) in [5, 5.41) is 4.59. The minimum Gasteiger partial charge on any atom is -0.493 e. The summed E-state index contributed by atoms with van der Waals surface area (Å²) in [4.78, 5) is 42.0. The first-order chi connectivity index (χ1) is 16.4. The highest BCUT2D eigenvalue weighted by Crippen LogP contribution is 2.29. The molecule has 1 aliphatic rings. The van der Waals surface area contributed by atoms with Crippen molar-refractivity contribution < 1.29 is 19.1 Å². The molecular weight excluding hydrogens is 436 g/mol. The van der Waals surface area contributed by atoms with Crippen LogP contribution in [0.25, 0.3) is 10.8 Å². The zero-order chi connectivity index (χ0) is 24.2. The van der Waals surface area contributed by atoms with E-state index in [1.807, 2.05) is 30.2 Å². The number of ether oxygens (including phenoxy) is 2. The fourth-order valence-corrected chi connectivity index (χ4v) is 4.13. The molecule has 4 heterocycles. The highest BCUT2D eigenvalue weighted by atomic mass is 16.5. The van der Waals surface area contributed by atoms with Crippen molar-refractivity contribution in [1.29, 1.82) is 0 Å². The highest BCUT2D eigenvalue weighted by molar-refractivity contribution is 5.93. The van der Waals surface area contributed by atoms with E-state index in [0.717, 1.165) is 16.6 Å². The van der Waals surface area contributed by atoms with Gasteiger partial charge in [0.2, 0.25) is 0 Å². The third-order valence-electron chi connectivity index (χ3n) is 5.92. The lowest BCUT2D eigenvalue weighted by molar-refractivity contribution is -0.140. The Hall–Kier alpha value is -3.95. The SMILES string of the molecule is CNC(=O)c1cc(OC)c(O[C@@H](C)C(=O)N2CCN(c3nccc4cnccc34)C[C@H]2C)cn1. The van der Waals surface area contributed by atoms with Gasteiger partial charge in [-0.25, -0.2) is 9.97 Å². The predicted octanol–water partition coefficient (Wildman–Crippen LogP) is 1.90. The van der Waals surface area contributed by atoms with Crippen LogP contribution in [-0.4, -0.2) is 77.6 Å². The number of hydrogen-bond acceptors (Lipinski definition) is 8. The van der Waals surface area contributed by atoms with Crippen LogP contribution in [0.3, 0.4) is 0 Å². The smallest absolute Gasteiger partial charge is 0.269 e. The number of carbonyl (C=O) groups excluding carboxylic acids is 2. The van der Waals surface area contributed by atoms with Crippen LogP contribution in [0.2, 0.25) is 0 Å². The largest absolute Gasteiger partial charge is 0.493 e. The third-order valence-corrected chi connectivity index (χ3v) is 5.92. The zero-order valence-corrected chi connectivity index (χ0v) is 19.7. The second-order valence-corrected chi connectivity index (χ2v) is 8.12. The Labute approximate surface area is 197 Å². The average Bonchev–Trinajstić information content (AvgIpc) is 2.87. The van der Waals surface area contributed by atoms with Gasteiger partial charge in [-0.15, -0.1) is 0 Å². The normalized spacial score (nSPS) is 16.8. The van der Waals surface area contributed by atoms with Gasteiger partial charge in [0, 0.05) is 68.2 Å². The maximum absolute atomic E-state index is 13.2. The quantitative estimate of drug-likeness (QED) is 0.589. The van der Waals surface area contributed by atoms with Gasteiger partial charge in [-0.1, -0.05) is 0 Å². The molecule has 0 unspecified atom stereocenters. The van der Waals surface area contributed by atoms with Gasteiger partial charge in [-0.3, -0.25) is 14.6 Å². The number of rotatable bonds is 6. The monoisotopic (exact) mass is 464 g/mol. The number of nitrogens with zero attached hydrogens (tertiary/aromatic N) is 5. The molecule has 1 saturated heterocycles. The van der Waals surface area contributed by atoms with Gasteiger partial charge < -0.3 is 24.6 Å². The summed E-state index contributed by atoms with van der Waals surface area (Å²) < 4.78 is 11.2. The molecular formula is C24H28N6O4. The number of fused-ring (bicyclic) bond motifs is 1. The molecule has 0 spiro atoms. The van der Waals surface area contributed by atoms with E-state index in [4.69, 9.17) is 9.47 Å². The van der Waals surface area contributed by atoms with Crippen molar-refractivity contribution in [3.63, 3.8) is 0 Å². The van der Waals surface area contributed by atoms with Gasteiger partial charge in [-0.05, 0) is 26.0 Å². The molecule has 0 saturated carbocycles. The molecule has 1 aliphatic heterocycles. The van der Waals surface area contributed by atoms with Crippen LogP contribution >= 0.6 is 0 Å². The molecule has 0 aliphatic carbocycles. The molecule has 2 atom stereocenters. The molecule has 3 aromatic heterocycles. The van der Waals surface area contributed by atoms with Gasteiger partial charge >= 0.3 is 0 Å². The maximum Gasteiger partial charge on any atom is 0.269 e. The van der Waals surface area contributed by atoms with Crippen LogP contribution in [0.1, 0.15) is 24.3 Å². The van der Waals surface area contributed by atoms with Gasteiger partial charge in [0.1, 0.15) is 11.5 Å². The topological polar surface area (TPSA) is 110 Å². The Morgan fingerprint density at radius 2 is 1.97 bits per heavy atom. The van der Waals surface area contributed by atoms with Gasteiger partial charge in [-0.2, -0.15) is 0 Å². The molecule has 0 aromatic carbocycles. The van der Waals surface area contributed by atoms with E-state index in [0.29, 0.717) is 31.1 Å². The van der Waals surface area contributed by atoms with Crippen molar-refractivity contribution in [3.05, 3.63) is 48.7 Å². The summed E-state index contributed by atoms with van der Waals surface area (Å²) in [6.45, 7) is 5.57.